The van der Waals surface area contributed by atoms with E-state index in [1.807, 2.05) is 37.1 Å². The van der Waals surface area contributed by atoms with Crippen LogP contribution in [-0.2, 0) is 4.74 Å². The maximum atomic E-state index is 12.4. The second-order valence-corrected chi connectivity index (χ2v) is 5.58. The number of carbonyl (C=O) groups excluding carboxylic acids is 1. The van der Waals surface area contributed by atoms with Gasteiger partial charge in [-0.25, -0.2) is 0 Å². The normalized spacial score (nSPS) is 16.6. The molecule has 3 nitrogen and oxygen atoms in total. The molecule has 0 aromatic heterocycles. The van der Waals surface area contributed by atoms with Crippen LogP contribution in [0.3, 0.4) is 0 Å². The first-order chi connectivity index (χ1) is 8.59. The van der Waals surface area contributed by atoms with Crippen LogP contribution in [0.15, 0.2) is 22.7 Å². The van der Waals surface area contributed by atoms with Crippen molar-refractivity contribution >= 4 is 21.8 Å². The maximum absolute atomic E-state index is 12.4. The predicted octanol–water partition coefficient (Wildman–Crippen LogP) is 3.01. The zero-order chi connectivity index (χ0) is 13.1. The Morgan fingerprint density at radius 1 is 1.39 bits per heavy atom. The lowest BCUT2D eigenvalue weighted by Crippen LogP contribution is -2.40. The predicted molar refractivity (Wildman–Crippen MR) is 74.8 cm³/mol. The number of nitrogens with zero attached hydrogens (tertiary/aromatic N) is 1. The number of aryl methyl sites for hydroxylation is 1. The Bertz CT molecular complexity index is 441. The van der Waals surface area contributed by atoms with Crippen molar-refractivity contribution in [2.24, 2.45) is 0 Å². The van der Waals surface area contributed by atoms with E-state index < -0.39 is 0 Å². The zero-order valence-corrected chi connectivity index (χ0v) is 12.4. The molecule has 1 saturated heterocycles. The number of ether oxygens (including phenoxy) is 1. The van der Waals surface area contributed by atoms with Crippen molar-refractivity contribution in [2.45, 2.75) is 25.8 Å². The molecule has 0 unspecified atom stereocenters. The molecule has 1 heterocycles. The Morgan fingerprint density at radius 2 is 2.06 bits per heavy atom. The molecule has 1 aliphatic heterocycles. The summed E-state index contributed by atoms with van der Waals surface area (Å²) in [6.07, 6.45) is 1.85. The van der Waals surface area contributed by atoms with E-state index in [0.717, 1.165) is 41.7 Å². The SMILES string of the molecule is Cc1ccc(C(=O)N(C)C2CCOCC2)cc1Br. The van der Waals surface area contributed by atoms with Gasteiger partial charge in [0.2, 0.25) is 0 Å². The fourth-order valence-corrected chi connectivity index (χ4v) is 2.55. The van der Waals surface area contributed by atoms with Crippen molar-refractivity contribution in [1.29, 1.82) is 0 Å². The fourth-order valence-electron chi connectivity index (χ4n) is 2.17. The molecule has 1 amide bonds. The Morgan fingerprint density at radius 3 is 2.67 bits per heavy atom. The Kier molecular flexibility index (Phi) is 4.40. The molecule has 0 aliphatic carbocycles. The highest BCUT2D eigenvalue weighted by Crippen LogP contribution is 2.20. The van der Waals surface area contributed by atoms with Crippen molar-refractivity contribution in [3.8, 4) is 0 Å². The lowest BCUT2D eigenvalue weighted by Gasteiger charge is -2.31. The van der Waals surface area contributed by atoms with Crippen LogP contribution in [0.2, 0.25) is 0 Å². The summed E-state index contributed by atoms with van der Waals surface area (Å²) in [6.45, 7) is 3.51. The van der Waals surface area contributed by atoms with Crippen LogP contribution in [0.25, 0.3) is 0 Å². The minimum atomic E-state index is 0.0857. The van der Waals surface area contributed by atoms with Gasteiger partial charge in [-0.1, -0.05) is 22.0 Å². The molecule has 4 heteroatoms. The van der Waals surface area contributed by atoms with Gasteiger partial charge in [0.15, 0.2) is 0 Å². The van der Waals surface area contributed by atoms with E-state index >= 15 is 0 Å². The van der Waals surface area contributed by atoms with Gasteiger partial charge in [0.05, 0.1) is 0 Å². The van der Waals surface area contributed by atoms with Gasteiger partial charge < -0.3 is 9.64 Å². The highest BCUT2D eigenvalue weighted by molar-refractivity contribution is 9.10. The van der Waals surface area contributed by atoms with Crippen molar-refractivity contribution < 1.29 is 9.53 Å². The number of amides is 1. The molecule has 1 fully saturated rings. The molecule has 0 bridgehead atoms. The molecule has 1 aliphatic rings. The molecule has 1 aromatic rings. The Hall–Kier alpha value is -0.870. The number of hydrogen-bond acceptors (Lipinski definition) is 2. The van der Waals surface area contributed by atoms with Crippen LogP contribution in [0.5, 0.6) is 0 Å². The first kappa shape index (κ1) is 13.6. The second-order valence-electron chi connectivity index (χ2n) is 4.72. The van der Waals surface area contributed by atoms with Crippen LogP contribution < -0.4 is 0 Å². The smallest absolute Gasteiger partial charge is 0.253 e. The van der Waals surface area contributed by atoms with Crippen molar-refractivity contribution in [2.75, 3.05) is 20.3 Å². The summed E-state index contributed by atoms with van der Waals surface area (Å²) in [7, 11) is 1.88. The fraction of sp³-hybridized carbons (Fsp3) is 0.500. The molecule has 1 aromatic carbocycles. The van der Waals surface area contributed by atoms with Gasteiger partial charge in [-0.2, -0.15) is 0 Å². The monoisotopic (exact) mass is 311 g/mol. The van der Waals surface area contributed by atoms with Gasteiger partial charge in [0, 0.05) is 36.3 Å². The maximum Gasteiger partial charge on any atom is 0.253 e. The summed E-state index contributed by atoms with van der Waals surface area (Å²) in [5, 5.41) is 0. The van der Waals surface area contributed by atoms with Gasteiger partial charge in [-0.15, -0.1) is 0 Å². The lowest BCUT2D eigenvalue weighted by atomic mass is 10.1. The Balaban J connectivity index is 2.11. The molecule has 0 N–H and O–H groups in total. The van der Waals surface area contributed by atoms with Crippen LogP contribution in [0, 0.1) is 6.92 Å². The summed E-state index contributed by atoms with van der Waals surface area (Å²) in [5.74, 6) is 0.0857. The molecule has 0 saturated carbocycles. The molecule has 98 valence electrons. The van der Waals surface area contributed by atoms with Gasteiger partial charge in [-0.3, -0.25) is 4.79 Å². The van der Waals surface area contributed by atoms with E-state index in [1.54, 1.807) is 0 Å². The number of benzene rings is 1. The third kappa shape index (κ3) is 2.93. The summed E-state index contributed by atoms with van der Waals surface area (Å²) in [4.78, 5) is 14.2. The molecular weight excluding hydrogens is 294 g/mol. The average molecular weight is 312 g/mol. The van der Waals surface area contributed by atoms with Gasteiger partial charge in [-0.05, 0) is 37.5 Å². The minimum Gasteiger partial charge on any atom is -0.381 e. The first-order valence-electron chi connectivity index (χ1n) is 6.20. The van der Waals surface area contributed by atoms with Gasteiger partial charge in [0.25, 0.3) is 5.91 Å². The molecule has 0 radical (unpaired) electrons. The second kappa shape index (κ2) is 5.85. The minimum absolute atomic E-state index is 0.0857. The van der Waals surface area contributed by atoms with Crippen molar-refractivity contribution in [3.63, 3.8) is 0 Å². The average Bonchev–Trinajstić information content (AvgIpc) is 2.41. The van der Waals surface area contributed by atoms with E-state index in [-0.39, 0.29) is 5.91 Å². The number of hydrogen-bond donors (Lipinski definition) is 0. The largest absolute Gasteiger partial charge is 0.381 e. The van der Waals surface area contributed by atoms with E-state index in [0.29, 0.717) is 6.04 Å². The third-order valence-corrected chi connectivity index (χ3v) is 4.33. The highest BCUT2D eigenvalue weighted by atomic mass is 79.9. The summed E-state index contributed by atoms with van der Waals surface area (Å²) < 4.78 is 6.31. The van der Waals surface area contributed by atoms with Crippen LogP contribution in [-0.4, -0.2) is 37.1 Å². The molecule has 18 heavy (non-hydrogen) atoms. The Labute approximate surface area is 116 Å². The van der Waals surface area contributed by atoms with Crippen LogP contribution in [0.4, 0.5) is 0 Å². The lowest BCUT2D eigenvalue weighted by molar-refractivity contribution is 0.0362. The number of halogens is 1. The quantitative estimate of drug-likeness (QED) is 0.840. The van der Waals surface area contributed by atoms with Gasteiger partial charge >= 0.3 is 0 Å². The topological polar surface area (TPSA) is 29.5 Å². The summed E-state index contributed by atoms with van der Waals surface area (Å²) in [6, 6.07) is 6.05. The zero-order valence-electron chi connectivity index (χ0n) is 10.8. The summed E-state index contributed by atoms with van der Waals surface area (Å²) in [5.41, 5.74) is 1.88. The molecular formula is C14H18BrNO2. The molecule has 0 atom stereocenters. The van der Waals surface area contributed by atoms with Crippen LogP contribution >= 0.6 is 15.9 Å². The summed E-state index contributed by atoms with van der Waals surface area (Å²) >= 11 is 3.47. The van der Waals surface area contributed by atoms with E-state index in [2.05, 4.69) is 15.9 Å². The van der Waals surface area contributed by atoms with E-state index in [9.17, 15) is 4.79 Å². The molecule has 2 rings (SSSR count). The number of carbonyl (C=O) groups is 1. The van der Waals surface area contributed by atoms with E-state index in [1.165, 1.54) is 0 Å². The first-order valence-corrected chi connectivity index (χ1v) is 7.00. The molecule has 0 spiro atoms. The highest BCUT2D eigenvalue weighted by Gasteiger charge is 2.23. The third-order valence-electron chi connectivity index (χ3n) is 3.48. The van der Waals surface area contributed by atoms with E-state index in [4.69, 9.17) is 4.74 Å². The standard InChI is InChI=1S/C14H18BrNO2/c1-10-3-4-11(9-13(10)15)14(17)16(2)12-5-7-18-8-6-12/h3-4,9,12H,5-8H2,1-2H3. The number of rotatable bonds is 2. The van der Waals surface area contributed by atoms with Gasteiger partial charge in [0.1, 0.15) is 0 Å². The van der Waals surface area contributed by atoms with Crippen molar-refractivity contribution in [1.82, 2.24) is 4.90 Å². The van der Waals surface area contributed by atoms with Crippen LogP contribution in [0.1, 0.15) is 28.8 Å². The van der Waals surface area contributed by atoms with Crippen molar-refractivity contribution in [3.05, 3.63) is 33.8 Å².